The van der Waals surface area contributed by atoms with E-state index < -0.39 is 0 Å². The summed E-state index contributed by atoms with van der Waals surface area (Å²) in [5.74, 6) is 4.00. The van der Waals surface area contributed by atoms with Crippen LogP contribution >= 0.6 is 0 Å². The van der Waals surface area contributed by atoms with Crippen LogP contribution in [0.25, 0.3) is 0 Å². The first-order valence-electron chi connectivity index (χ1n) is 5.01. The maximum absolute atomic E-state index is 5.59. The van der Waals surface area contributed by atoms with Crippen molar-refractivity contribution in [2.45, 2.75) is 32.6 Å². The van der Waals surface area contributed by atoms with Gasteiger partial charge in [-0.1, -0.05) is 6.92 Å². The van der Waals surface area contributed by atoms with Crippen LogP contribution in [0.15, 0.2) is 0 Å². The molecule has 1 nitrogen and oxygen atoms in total. The first-order valence-corrected chi connectivity index (χ1v) is 5.01. The maximum Gasteiger partial charge on any atom is -0.00461 e. The van der Waals surface area contributed by atoms with Crippen molar-refractivity contribution in [2.75, 3.05) is 6.54 Å². The Morgan fingerprint density at radius 2 is 2.09 bits per heavy atom. The van der Waals surface area contributed by atoms with Gasteiger partial charge >= 0.3 is 0 Å². The second-order valence-electron chi connectivity index (χ2n) is 4.54. The summed E-state index contributed by atoms with van der Waals surface area (Å²) in [5.41, 5.74) is 5.59. The van der Waals surface area contributed by atoms with Gasteiger partial charge in [-0.25, -0.2) is 0 Å². The second-order valence-corrected chi connectivity index (χ2v) is 4.54. The van der Waals surface area contributed by atoms with Gasteiger partial charge in [0.1, 0.15) is 0 Å². The summed E-state index contributed by atoms with van der Waals surface area (Å²) < 4.78 is 0. The third-order valence-corrected chi connectivity index (χ3v) is 3.47. The molecule has 0 saturated heterocycles. The Labute approximate surface area is 69.4 Å². The van der Waals surface area contributed by atoms with Gasteiger partial charge in [-0.2, -0.15) is 0 Å². The minimum atomic E-state index is 0.899. The van der Waals surface area contributed by atoms with Gasteiger partial charge in [0.05, 0.1) is 0 Å². The molecule has 0 radical (unpaired) electrons. The molecule has 3 atom stereocenters. The van der Waals surface area contributed by atoms with Gasteiger partial charge in [0.15, 0.2) is 0 Å². The molecule has 2 rings (SSSR count). The molecule has 2 N–H and O–H groups in total. The van der Waals surface area contributed by atoms with Gasteiger partial charge in [0.2, 0.25) is 0 Å². The van der Waals surface area contributed by atoms with Crippen molar-refractivity contribution in [1.82, 2.24) is 0 Å². The van der Waals surface area contributed by atoms with Crippen LogP contribution in [0.3, 0.4) is 0 Å². The number of hydrogen-bond donors (Lipinski definition) is 1. The summed E-state index contributed by atoms with van der Waals surface area (Å²) in [7, 11) is 0. The third-order valence-electron chi connectivity index (χ3n) is 3.47. The Hall–Kier alpha value is -0.0400. The molecule has 0 spiro atoms. The molecule has 0 aromatic rings. The largest absolute Gasteiger partial charge is 0.330 e. The van der Waals surface area contributed by atoms with Crippen LogP contribution in [0.2, 0.25) is 0 Å². The molecule has 0 bridgehead atoms. The Kier molecular flexibility index (Phi) is 1.92. The lowest BCUT2D eigenvalue weighted by atomic mass is 9.98. The zero-order valence-electron chi connectivity index (χ0n) is 7.42. The molecule has 0 aromatic carbocycles. The Morgan fingerprint density at radius 1 is 1.36 bits per heavy atom. The molecule has 0 aliphatic heterocycles. The lowest BCUT2D eigenvalue weighted by molar-refractivity contribution is 0.428. The average Bonchev–Trinajstić information content (AvgIpc) is 2.84. The third kappa shape index (κ3) is 1.76. The van der Waals surface area contributed by atoms with E-state index in [9.17, 15) is 0 Å². The first-order chi connectivity index (χ1) is 5.31. The van der Waals surface area contributed by atoms with Crippen molar-refractivity contribution in [3.05, 3.63) is 0 Å². The quantitative estimate of drug-likeness (QED) is 0.657. The topological polar surface area (TPSA) is 26.0 Å². The highest BCUT2D eigenvalue weighted by atomic mass is 14.6. The molecule has 0 heterocycles. The van der Waals surface area contributed by atoms with Crippen LogP contribution in [0.4, 0.5) is 0 Å². The number of hydrogen-bond acceptors (Lipinski definition) is 1. The van der Waals surface area contributed by atoms with Crippen LogP contribution in [0.5, 0.6) is 0 Å². The number of nitrogens with two attached hydrogens (primary N) is 1. The predicted octanol–water partition coefficient (Wildman–Crippen LogP) is 2.02. The van der Waals surface area contributed by atoms with E-state index in [1.807, 2.05) is 0 Å². The SMILES string of the molecule is CC(CC1CC1CN)C1CC1. The van der Waals surface area contributed by atoms with Crippen molar-refractivity contribution in [2.24, 2.45) is 29.4 Å². The predicted molar refractivity (Wildman–Crippen MR) is 47.2 cm³/mol. The molecule has 64 valence electrons. The molecule has 2 aliphatic rings. The van der Waals surface area contributed by atoms with E-state index >= 15 is 0 Å². The minimum absolute atomic E-state index is 0.899. The van der Waals surface area contributed by atoms with E-state index in [1.165, 1.54) is 25.7 Å². The van der Waals surface area contributed by atoms with Gasteiger partial charge in [-0.05, 0) is 55.9 Å². The summed E-state index contributed by atoms with van der Waals surface area (Å²) in [5, 5.41) is 0. The van der Waals surface area contributed by atoms with Gasteiger partial charge in [0.25, 0.3) is 0 Å². The molecule has 1 heteroatoms. The van der Waals surface area contributed by atoms with Crippen molar-refractivity contribution in [3.8, 4) is 0 Å². The lowest BCUT2D eigenvalue weighted by Crippen LogP contribution is -2.05. The van der Waals surface area contributed by atoms with Gasteiger partial charge < -0.3 is 5.73 Å². The van der Waals surface area contributed by atoms with Crippen LogP contribution in [0.1, 0.15) is 32.6 Å². The smallest absolute Gasteiger partial charge is 0.00461 e. The van der Waals surface area contributed by atoms with E-state index in [-0.39, 0.29) is 0 Å². The Morgan fingerprint density at radius 3 is 2.55 bits per heavy atom. The summed E-state index contributed by atoms with van der Waals surface area (Å²) in [4.78, 5) is 0. The highest BCUT2D eigenvalue weighted by Gasteiger charge is 2.39. The van der Waals surface area contributed by atoms with Crippen molar-refractivity contribution < 1.29 is 0 Å². The highest BCUT2D eigenvalue weighted by Crippen LogP contribution is 2.47. The minimum Gasteiger partial charge on any atom is -0.330 e. The first kappa shape index (κ1) is 7.60. The number of rotatable bonds is 4. The Bertz CT molecular complexity index is 140. The fourth-order valence-electron chi connectivity index (χ4n) is 2.22. The van der Waals surface area contributed by atoms with E-state index in [0.717, 1.165) is 30.2 Å². The van der Waals surface area contributed by atoms with Gasteiger partial charge in [0, 0.05) is 0 Å². The summed E-state index contributed by atoms with van der Waals surface area (Å²) in [6.45, 7) is 3.35. The van der Waals surface area contributed by atoms with Crippen LogP contribution < -0.4 is 5.73 Å². The zero-order valence-corrected chi connectivity index (χ0v) is 7.42. The average molecular weight is 153 g/mol. The van der Waals surface area contributed by atoms with Gasteiger partial charge in [-0.3, -0.25) is 0 Å². The Balaban J connectivity index is 1.66. The fraction of sp³-hybridized carbons (Fsp3) is 1.00. The second kappa shape index (κ2) is 2.78. The lowest BCUT2D eigenvalue weighted by Gasteiger charge is -2.07. The monoisotopic (exact) mass is 153 g/mol. The van der Waals surface area contributed by atoms with E-state index in [4.69, 9.17) is 5.73 Å². The molecule has 2 aliphatic carbocycles. The van der Waals surface area contributed by atoms with Crippen molar-refractivity contribution in [3.63, 3.8) is 0 Å². The molecular formula is C10H19N. The molecule has 2 saturated carbocycles. The maximum atomic E-state index is 5.59. The van der Waals surface area contributed by atoms with Crippen molar-refractivity contribution >= 4 is 0 Å². The van der Waals surface area contributed by atoms with Gasteiger partial charge in [-0.15, -0.1) is 0 Å². The van der Waals surface area contributed by atoms with Crippen LogP contribution in [-0.2, 0) is 0 Å². The van der Waals surface area contributed by atoms with E-state index in [1.54, 1.807) is 0 Å². The van der Waals surface area contributed by atoms with E-state index in [0.29, 0.717) is 0 Å². The molecule has 3 unspecified atom stereocenters. The van der Waals surface area contributed by atoms with Crippen molar-refractivity contribution in [1.29, 1.82) is 0 Å². The molecular weight excluding hydrogens is 134 g/mol. The molecule has 2 fully saturated rings. The summed E-state index contributed by atoms with van der Waals surface area (Å²) >= 11 is 0. The van der Waals surface area contributed by atoms with E-state index in [2.05, 4.69) is 6.92 Å². The highest BCUT2D eigenvalue weighted by molar-refractivity contribution is 4.90. The summed E-state index contributed by atoms with van der Waals surface area (Å²) in [6.07, 6.45) is 5.89. The molecule has 0 aromatic heterocycles. The molecule has 0 amide bonds. The fourth-order valence-corrected chi connectivity index (χ4v) is 2.22. The standard InChI is InChI=1S/C10H19N/c1-7(8-2-3-8)4-9-5-10(9)6-11/h7-10H,2-6,11H2,1H3. The van der Waals surface area contributed by atoms with Crippen LogP contribution in [0, 0.1) is 23.7 Å². The normalized spacial score (nSPS) is 38.7. The van der Waals surface area contributed by atoms with Crippen LogP contribution in [-0.4, -0.2) is 6.54 Å². The zero-order chi connectivity index (χ0) is 7.84. The molecule has 11 heavy (non-hydrogen) atoms. The summed E-state index contributed by atoms with van der Waals surface area (Å²) in [6, 6.07) is 0.